The topological polar surface area (TPSA) is 92.8 Å². The minimum atomic E-state index is -4.00. The third kappa shape index (κ3) is 5.59. The maximum Gasteiger partial charge on any atom is 0.337 e. The number of aryl methyl sites for hydroxylation is 3. The molecular weight excluding hydrogens is 440 g/mol. The molecule has 0 spiro atoms. The fraction of sp³-hybridized carbons (Fsp3) is 0.200. The monoisotopic (exact) mass is 466 g/mol. The van der Waals surface area contributed by atoms with Crippen LogP contribution in [0.25, 0.3) is 0 Å². The Kier molecular flexibility index (Phi) is 7.18. The van der Waals surface area contributed by atoms with Gasteiger partial charge in [-0.2, -0.15) is 0 Å². The van der Waals surface area contributed by atoms with Crippen LogP contribution in [0.2, 0.25) is 0 Å². The fourth-order valence-corrected chi connectivity index (χ4v) is 4.58. The number of methoxy groups -OCH3 is 1. The zero-order valence-corrected chi connectivity index (χ0v) is 19.8. The molecule has 8 heteroatoms. The summed E-state index contributed by atoms with van der Waals surface area (Å²) in [5.41, 5.74) is 4.03. The van der Waals surface area contributed by atoms with Crippen molar-refractivity contribution < 1.29 is 22.7 Å². The highest BCUT2D eigenvalue weighted by molar-refractivity contribution is 7.92. The van der Waals surface area contributed by atoms with Crippen LogP contribution in [0.1, 0.15) is 27.0 Å². The molecule has 0 unspecified atom stereocenters. The van der Waals surface area contributed by atoms with Gasteiger partial charge in [-0.15, -0.1) is 0 Å². The maximum absolute atomic E-state index is 13.5. The quantitative estimate of drug-likeness (QED) is 0.526. The second-order valence-electron chi connectivity index (χ2n) is 7.71. The van der Waals surface area contributed by atoms with Gasteiger partial charge in [0.25, 0.3) is 10.0 Å². The first-order chi connectivity index (χ1) is 15.6. The van der Waals surface area contributed by atoms with Crippen molar-refractivity contribution in [2.45, 2.75) is 25.7 Å². The van der Waals surface area contributed by atoms with Crippen LogP contribution >= 0.6 is 0 Å². The summed E-state index contributed by atoms with van der Waals surface area (Å²) in [5.74, 6) is -1.01. The first-order valence-corrected chi connectivity index (χ1v) is 11.7. The summed E-state index contributed by atoms with van der Waals surface area (Å²) in [7, 11) is -2.71. The molecule has 0 atom stereocenters. The molecule has 1 N–H and O–H groups in total. The minimum Gasteiger partial charge on any atom is -0.465 e. The Morgan fingerprint density at radius 1 is 0.879 bits per heavy atom. The second-order valence-corrected chi connectivity index (χ2v) is 9.57. The second kappa shape index (κ2) is 9.87. The molecule has 0 aliphatic carbocycles. The van der Waals surface area contributed by atoms with Crippen LogP contribution in [0.5, 0.6) is 0 Å². The highest BCUT2D eigenvalue weighted by Crippen LogP contribution is 2.26. The number of nitrogens with zero attached hydrogens (tertiary/aromatic N) is 1. The molecule has 0 aromatic heterocycles. The predicted molar refractivity (Wildman–Crippen MR) is 128 cm³/mol. The van der Waals surface area contributed by atoms with E-state index in [0.29, 0.717) is 16.9 Å². The van der Waals surface area contributed by atoms with E-state index in [4.69, 9.17) is 0 Å². The molecule has 0 radical (unpaired) electrons. The number of nitrogens with one attached hydrogen (secondary N) is 1. The number of benzene rings is 3. The summed E-state index contributed by atoms with van der Waals surface area (Å²) in [4.78, 5) is 24.5. The lowest BCUT2D eigenvalue weighted by Gasteiger charge is -2.25. The number of esters is 1. The van der Waals surface area contributed by atoms with Gasteiger partial charge < -0.3 is 10.1 Å². The van der Waals surface area contributed by atoms with Crippen LogP contribution in [0, 0.1) is 20.8 Å². The van der Waals surface area contributed by atoms with Gasteiger partial charge in [0.15, 0.2) is 0 Å². The van der Waals surface area contributed by atoms with E-state index in [1.807, 2.05) is 26.8 Å². The first kappa shape index (κ1) is 24.0. The van der Waals surface area contributed by atoms with E-state index < -0.39 is 28.4 Å². The van der Waals surface area contributed by atoms with Gasteiger partial charge >= 0.3 is 5.97 Å². The Balaban J connectivity index is 1.91. The number of anilines is 2. The summed E-state index contributed by atoms with van der Waals surface area (Å²) < 4.78 is 32.7. The largest absolute Gasteiger partial charge is 0.465 e. The standard InChI is InChI=1S/C25H26N2O5S/c1-17-5-13-23(14-6-17)33(30,31)27(22-12-7-18(2)19(3)15-22)16-24(28)26-21-10-8-20(9-11-21)25(29)32-4/h5-15H,16H2,1-4H3,(H,26,28). The van der Waals surface area contributed by atoms with E-state index in [-0.39, 0.29) is 4.90 Å². The number of amides is 1. The number of hydrogen-bond donors (Lipinski definition) is 1. The van der Waals surface area contributed by atoms with E-state index in [0.717, 1.165) is 21.0 Å². The van der Waals surface area contributed by atoms with E-state index in [9.17, 15) is 18.0 Å². The number of carbonyl (C=O) groups excluding carboxylic acids is 2. The van der Waals surface area contributed by atoms with Crippen molar-refractivity contribution in [2.24, 2.45) is 0 Å². The smallest absolute Gasteiger partial charge is 0.337 e. The summed E-state index contributed by atoms with van der Waals surface area (Å²) in [6, 6.07) is 17.9. The van der Waals surface area contributed by atoms with Crippen molar-refractivity contribution in [3.05, 3.63) is 89.0 Å². The average molecular weight is 467 g/mol. The van der Waals surface area contributed by atoms with E-state index in [2.05, 4.69) is 10.1 Å². The molecule has 0 saturated carbocycles. The van der Waals surface area contributed by atoms with Crippen molar-refractivity contribution in [1.82, 2.24) is 0 Å². The first-order valence-electron chi connectivity index (χ1n) is 10.3. The van der Waals surface area contributed by atoms with Crippen molar-refractivity contribution in [2.75, 3.05) is 23.3 Å². The molecule has 33 heavy (non-hydrogen) atoms. The third-order valence-corrected chi connectivity index (χ3v) is 7.05. The van der Waals surface area contributed by atoms with Gasteiger partial charge in [-0.05, 0) is 80.4 Å². The Labute approximate surface area is 194 Å². The normalized spacial score (nSPS) is 11.0. The van der Waals surface area contributed by atoms with Gasteiger partial charge in [0.2, 0.25) is 5.91 Å². The Hall–Kier alpha value is -3.65. The summed E-state index contributed by atoms with van der Waals surface area (Å²) >= 11 is 0. The molecule has 1 amide bonds. The lowest BCUT2D eigenvalue weighted by atomic mass is 10.1. The molecule has 0 aliphatic rings. The van der Waals surface area contributed by atoms with Crippen LogP contribution < -0.4 is 9.62 Å². The van der Waals surface area contributed by atoms with Gasteiger partial charge in [0, 0.05) is 5.69 Å². The van der Waals surface area contributed by atoms with Crippen LogP contribution in [0.3, 0.4) is 0 Å². The van der Waals surface area contributed by atoms with Crippen molar-refractivity contribution in [3.63, 3.8) is 0 Å². The van der Waals surface area contributed by atoms with E-state index >= 15 is 0 Å². The van der Waals surface area contributed by atoms with Crippen LogP contribution in [-0.2, 0) is 19.6 Å². The molecule has 0 aliphatic heterocycles. The number of rotatable bonds is 7. The number of hydrogen-bond acceptors (Lipinski definition) is 5. The van der Waals surface area contributed by atoms with Gasteiger partial charge in [0.1, 0.15) is 6.54 Å². The van der Waals surface area contributed by atoms with Gasteiger partial charge in [-0.25, -0.2) is 13.2 Å². The van der Waals surface area contributed by atoms with Crippen LogP contribution in [-0.4, -0.2) is 33.9 Å². The molecule has 7 nitrogen and oxygen atoms in total. The Bertz CT molecular complexity index is 1270. The van der Waals surface area contributed by atoms with Gasteiger partial charge in [-0.3, -0.25) is 9.10 Å². The summed E-state index contributed by atoms with van der Waals surface area (Å²) in [6.07, 6.45) is 0. The zero-order valence-electron chi connectivity index (χ0n) is 19.0. The zero-order chi connectivity index (χ0) is 24.2. The molecule has 3 aromatic rings. The summed E-state index contributed by atoms with van der Waals surface area (Å²) in [5, 5.41) is 2.69. The lowest BCUT2D eigenvalue weighted by molar-refractivity contribution is -0.114. The molecular formula is C25H26N2O5S. The van der Waals surface area contributed by atoms with Crippen molar-refractivity contribution in [3.8, 4) is 0 Å². The molecule has 0 heterocycles. The number of sulfonamides is 1. The van der Waals surface area contributed by atoms with Crippen molar-refractivity contribution >= 4 is 33.3 Å². The van der Waals surface area contributed by atoms with Crippen molar-refractivity contribution in [1.29, 1.82) is 0 Å². The molecule has 0 bridgehead atoms. The SMILES string of the molecule is COC(=O)c1ccc(NC(=O)CN(c2ccc(C)c(C)c2)S(=O)(=O)c2ccc(C)cc2)cc1. The molecule has 0 saturated heterocycles. The summed E-state index contributed by atoms with van der Waals surface area (Å²) in [6.45, 7) is 5.27. The minimum absolute atomic E-state index is 0.0987. The maximum atomic E-state index is 13.5. The molecule has 172 valence electrons. The molecule has 3 aromatic carbocycles. The highest BCUT2D eigenvalue weighted by Gasteiger charge is 2.27. The Morgan fingerprint density at radius 2 is 1.52 bits per heavy atom. The van der Waals surface area contributed by atoms with Gasteiger partial charge in [0.05, 0.1) is 23.3 Å². The van der Waals surface area contributed by atoms with E-state index in [1.165, 1.54) is 31.4 Å². The van der Waals surface area contributed by atoms with Crippen LogP contribution in [0.15, 0.2) is 71.6 Å². The molecule has 3 rings (SSSR count). The highest BCUT2D eigenvalue weighted by atomic mass is 32.2. The van der Waals surface area contributed by atoms with E-state index in [1.54, 1.807) is 36.4 Å². The molecule has 0 fully saturated rings. The fourth-order valence-electron chi connectivity index (χ4n) is 3.17. The average Bonchev–Trinajstić information content (AvgIpc) is 2.79. The number of carbonyl (C=O) groups is 2. The Morgan fingerprint density at radius 3 is 2.09 bits per heavy atom. The van der Waals surface area contributed by atoms with Gasteiger partial charge in [-0.1, -0.05) is 23.8 Å². The third-order valence-electron chi connectivity index (χ3n) is 5.26. The van der Waals surface area contributed by atoms with Crippen LogP contribution in [0.4, 0.5) is 11.4 Å². The number of ether oxygens (including phenoxy) is 1. The predicted octanol–water partition coefficient (Wildman–Crippen LogP) is 4.23. The lowest BCUT2D eigenvalue weighted by Crippen LogP contribution is -2.38.